The highest BCUT2D eigenvalue weighted by Gasteiger charge is 2.22. The summed E-state index contributed by atoms with van der Waals surface area (Å²) in [7, 11) is 0. The maximum Gasteiger partial charge on any atom is 0.253 e. The third-order valence-corrected chi connectivity index (χ3v) is 3.50. The first-order valence-electron chi connectivity index (χ1n) is 6.20. The predicted octanol–water partition coefficient (Wildman–Crippen LogP) is 2.29. The number of nitrogens with two attached hydrogens (primary N) is 1. The quantitative estimate of drug-likeness (QED) is 0.849. The van der Waals surface area contributed by atoms with Gasteiger partial charge in [0.2, 0.25) is 0 Å². The Kier molecular flexibility index (Phi) is 5.17. The van der Waals surface area contributed by atoms with Crippen molar-refractivity contribution in [2.24, 2.45) is 5.73 Å². The third-order valence-electron chi connectivity index (χ3n) is 3.50. The topological polar surface area (TPSA) is 46.3 Å². The van der Waals surface area contributed by atoms with Gasteiger partial charge in [-0.3, -0.25) is 4.79 Å². The number of piperidine rings is 1. The van der Waals surface area contributed by atoms with Crippen LogP contribution in [0.3, 0.4) is 0 Å². The van der Waals surface area contributed by atoms with Crippen molar-refractivity contribution in [3.8, 4) is 0 Å². The fraction of sp³-hybridized carbons (Fsp3) is 0.500. The Hall–Kier alpha value is -1.06. The molecule has 1 aliphatic rings. The number of aryl methyl sites for hydroxylation is 2. The van der Waals surface area contributed by atoms with Crippen LogP contribution in [0.4, 0.5) is 0 Å². The molecule has 1 aliphatic heterocycles. The van der Waals surface area contributed by atoms with Crippen molar-refractivity contribution in [2.75, 3.05) is 13.1 Å². The van der Waals surface area contributed by atoms with E-state index in [-0.39, 0.29) is 24.4 Å². The van der Waals surface area contributed by atoms with Gasteiger partial charge in [-0.25, -0.2) is 0 Å². The molecule has 1 amide bonds. The number of rotatable bonds is 1. The largest absolute Gasteiger partial charge is 0.337 e. The normalized spacial score (nSPS) is 19.3. The lowest BCUT2D eigenvalue weighted by atomic mass is 10.0. The molecule has 1 saturated heterocycles. The monoisotopic (exact) mass is 268 g/mol. The minimum Gasteiger partial charge on any atom is -0.337 e. The van der Waals surface area contributed by atoms with E-state index in [1.807, 2.05) is 30.0 Å². The number of likely N-dealkylation sites (tertiary alicyclic amines) is 1. The van der Waals surface area contributed by atoms with Crippen LogP contribution < -0.4 is 5.73 Å². The van der Waals surface area contributed by atoms with Gasteiger partial charge in [-0.05, 0) is 49.9 Å². The Labute approximate surface area is 115 Å². The van der Waals surface area contributed by atoms with E-state index in [9.17, 15) is 4.79 Å². The van der Waals surface area contributed by atoms with Gasteiger partial charge in [-0.15, -0.1) is 12.4 Å². The molecule has 0 unspecified atom stereocenters. The van der Waals surface area contributed by atoms with E-state index in [0.29, 0.717) is 6.54 Å². The van der Waals surface area contributed by atoms with Crippen LogP contribution in [0, 0.1) is 13.8 Å². The molecule has 1 aromatic rings. The van der Waals surface area contributed by atoms with Crippen molar-refractivity contribution in [3.05, 3.63) is 34.9 Å². The van der Waals surface area contributed by atoms with Crippen LogP contribution in [0.1, 0.15) is 34.3 Å². The number of hydrogen-bond acceptors (Lipinski definition) is 2. The zero-order chi connectivity index (χ0) is 12.4. The number of hydrogen-bond donors (Lipinski definition) is 1. The van der Waals surface area contributed by atoms with Gasteiger partial charge in [-0.2, -0.15) is 0 Å². The molecular weight excluding hydrogens is 248 g/mol. The van der Waals surface area contributed by atoms with Crippen LogP contribution in [-0.2, 0) is 0 Å². The van der Waals surface area contributed by atoms with Gasteiger partial charge in [0.25, 0.3) is 5.91 Å². The van der Waals surface area contributed by atoms with Crippen LogP contribution in [0.2, 0.25) is 0 Å². The van der Waals surface area contributed by atoms with E-state index in [1.54, 1.807) is 0 Å². The number of amides is 1. The summed E-state index contributed by atoms with van der Waals surface area (Å²) >= 11 is 0. The lowest BCUT2D eigenvalue weighted by molar-refractivity contribution is 0.0708. The lowest BCUT2D eigenvalue weighted by Crippen LogP contribution is -2.45. The first-order valence-corrected chi connectivity index (χ1v) is 6.20. The highest BCUT2D eigenvalue weighted by atomic mass is 35.5. The Balaban J connectivity index is 0.00000162. The minimum absolute atomic E-state index is 0. The maximum atomic E-state index is 12.3. The van der Waals surface area contributed by atoms with Crippen LogP contribution in [-0.4, -0.2) is 29.9 Å². The molecule has 100 valence electrons. The summed E-state index contributed by atoms with van der Waals surface area (Å²) in [4.78, 5) is 14.2. The van der Waals surface area contributed by atoms with Crippen molar-refractivity contribution in [1.82, 2.24) is 4.90 Å². The van der Waals surface area contributed by atoms with Gasteiger partial charge in [0.1, 0.15) is 0 Å². The molecule has 0 saturated carbocycles. The molecule has 1 fully saturated rings. The predicted molar refractivity (Wildman–Crippen MR) is 76.3 cm³/mol. The van der Waals surface area contributed by atoms with E-state index in [0.717, 1.165) is 30.5 Å². The van der Waals surface area contributed by atoms with Crippen molar-refractivity contribution >= 4 is 18.3 Å². The average molecular weight is 269 g/mol. The summed E-state index contributed by atoms with van der Waals surface area (Å²) in [5.41, 5.74) is 9.06. The van der Waals surface area contributed by atoms with E-state index in [2.05, 4.69) is 6.92 Å². The first-order chi connectivity index (χ1) is 8.08. The van der Waals surface area contributed by atoms with Gasteiger partial charge in [0.05, 0.1) is 0 Å². The SMILES string of the molecule is Cc1ccc(C(=O)N2CCC[C@@H](N)C2)cc1C.Cl. The highest BCUT2D eigenvalue weighted by molar-refractivity contribution is 5.94. The molecule has 18 heavy (non-hydrogen) atoms. The second kappa shape index (κ2) is 6.21. The summed E-state index contributed by atoms with van der Waals surface area (Å²) in [5, 5.41) is 0. The third kappa shape index (κ3) is 3.24. The van der Waals surface area contributed by atoms with Crippen LogP contribution in [0.25, 0.3) is 0 Å². The number of nitrogens with zero attached hydrogens (tertiary/aromatic N) is 1. The Morgan fingerprint density at radius 2 is 2.06 bits per heavy atom. The Bertz CT molecular complexity index is 434. The summed E-state index contributed by atoms with van der Waals surface area (Å²) in [5.74, 6) is 0.114. The van der Waals surface area contributed by atoms with Gasteiger partial charge >= 0.3 is 0 Å². The van der Waals surface area contributed by atoms with Gasteiger partial charge in [0.15, 0.2) is 0 Å². The van der Waals surface area contributed by atoms with E-state index in [4.69, 9.17) is 5.73 Å². The number of benzene rings is 1. The summed E-state index contributed by atoms with van der Waals surface area (Å²) in [6, 6.07) is 6.02. The number of carbonyl (C=O) groups excluding carboxylic acids is 1. The second-order valence-electron chi connectivity index (χ2n) is 4.95. The standard InChI is InChI=1S/C14H20N2O.ClH/c1-10-5-6-12(8-11(10)2)14(17)16-7-3-4-13(15)9-16;/h5-6,8,13H,3-4,7,9,15H2,1-2H3;1H/t13-;/m1./s1. The van der Waals surface area contributed by atoms with Crippen LogP contribution >= 0.6 is 12.4 Å². The molecule has 2 N–H and O–H groups in total. The molecule has 1 aromatic carbocycles. The van der Waals surface area contributed by atoms with E-state index >= 15 is 0 Å². The summed E-state index contributed by atoms with van der Waals surface area (Å²) in [6.45, 7) is 5.61. The molecule has 1 atom stereocenters. The van der Waals surface area contributed by atoms with E-state index in [1.165, 1.54) is 5.56 Å². The molecular formula is C14H21ClN2O. The molecule has 3 nitrogen and oxygen atoms in total. The van der Waals surface area contributed by atoms with Gasteiger partial charge in [0, 0.05) is 24.7 Å². The molecule has 0 aliphatic carbocycles. The zero-order valence-electron chi connectivity index (χ0n) is 11.0. The maximum absolute atomic E-state index is 12.3. The minimum atomic E-state index is 0. The average Bonchev–Trinajstić information content (AvgIpc) is 2.32. The molecule has 1 heterocycles. The first kappa shape index (κ1) is 15.0. The lowest BCUT2D eigenvalue weighted by Gasteiger charge is -2.31. The molecule has 0 radical (unpaired) electrons. The molecule has 0 spiro atoms. The fourth-order valence-corrected chi connectivity index (χ4v) is 2.25. The molecule has 0 aromatic heterocycles. The smallest absolute Gasteiger partial charge is 0.253 e. The molecule has 2 rings (SSSR count). The van der Waals surface area contributed by atoms with E-state index < -0.39 is 0 Å². The van der Waals surface area contributed by atoms with Crippen molar-refractivity contribution in [2.45, 2.75) is 32.7 Å². The van der Waals surface area contributed by atoms with Crippen molar-refractivity contribution in [3.63, 3.8) is 0 Å². The Morgan fingerprint density at radius 3 is 2.67 bits per heavy atom. The molecule has 0 bridgehead atoms. The Morgan fingerprint density at radius 1 is 1.33 bits per heavy atom. The second-order valence-corrected chi connectivity index (χ2v) is 4.95. The van der Waals surface area contributed by atoms with Crippen LogP contribution in [0.5, 0.6) is 0 Å². The molecule has 4 heteroatoms. The number of carbonyl (C=O) groups is 1. The summed E-state index contributed by atoms with van der Waals surface area (Å²) < 4.78 is 0. The summed E-state index contributed by atoms with van der Waals surface area (Å²) in [6.07, 6.45) is 2.04. The number of halogens is 1. The van der Waals surface area contributed by atoms with Crippen LogP contribution in [0.15, 0.2) is 18.2 Å². The van der Waals surface area contributed by atoms with Gasteiger partial charge < -0.3 is 10.6 Å². The zero-order valence-corrected chi connectivity index (χ0v) is 11.8. The highest BCUT2D eigenvalue weighted by Crippen LogP contribution is 2.15. The van der Waals surface area contributed by atoms with Gasteiger partial charge in [-0.1, -0.05) is 6.07 Å². The van der Waals surface area contributed by atoms with Crippen molar-refractivity contribution in [1.29, 1.82) is 0 Å². The fourth-order valence-electron chi connectivity index (χ4n) is 2.25. The van der Waals surface area contributed by atoms with Crippen molar-refractivity contribution < 1.29 is 4.79 Å².